The molecule has 19 heavy (non-hydrogen) atoms. The Morgan fingerprint density at radius 1 is 0.947 bits per heavy atom. The summed E-state index contributed by atoms with van der Waals surface area (Å²) in [6, 6.07) is 12.9. The zero-order valence-electron chi connectivity index (χ0n) is 11.4. The van der Waals surface area contributed by atoms with Gasteiger partial charge < -0.3 is 0 Å². The van der Waals surface area contributed by atoms with E-state index in [1.54, 1.807) is 0 Å². The van der Waals surface area contributed by atoms with Crippen LogP contribution in [0.1, 0.15) is 25.0 Å². The number of hydrogen-bond acceptors (Lipinski definition) is 1. The molecule has 0 N–H and O–H groups in total. The number of benzene rings is 2. The van der Waals surface area contributed by atoms with Gasteiger partial charge in [-0.25, -0.2) is 4.39 Å². The molecule has 1 heterocycles. The molecule has 0 aromatic heterocycles. The molecule has 2 aromatic carbocycles. The van der Waals surface area contributed by atoms with Crippen LogP contribution in [-0.2, 0) is 6.42 Å². The Balaban J connectivity index is 0.000000637. The van der Waals surface area contributed by atoms with Crippen LogP contribution >= 0.6 is 0 Å². The van der Waals surface area contributed by atoms with Gasteiger partial charge in [-0.05, 0) is 40.8 Å². The van der Waals surface area contributed by atoms with E-state index in [2.05, 4.69) is 23.2 Å². The largest absolute Gasteiger partial charge is 0.292 e. The maximum absolute atomic E-state index is 12.9. The van der Waals surface area contributed by atoms with Crippen LogP contribution in [0.15, 0.2) is 47.5 Å². The van der Waals surface area contributed by atoms with Crippen molar-refractivity contribution in [3.05, 3.63) is 59.4 Å². The van der Waals surface area contributed by atoms with E-state index in [0.29, 0.717) is 0 Å². The van der Waals surface area contributed by atoms with Crippen molar-refractivity contribution in [3.63, 3.8) is 0 Å². The highest BCUT2D eigenvalue weighted by atomic mass is 19.1. The molecule has 0 fully saturated rings. The van der Waals surface area contributed by atoms with Gasteiger partial charge in [-0.1, -0.05) is 44.2 Å². The van der Waals surface area contributed by atoms with Crippen LogP contribution in [0.25, 0.3) is 11.1 Å². The lowest BCUT2D eigenvalue weighted by Crippen LogP contribution is -2.02. The summed E-state index contributed by atoms with van der Waals surface area (Å²) in [5.41, 5.74) is 4.71. The number of rotatable bonds is 1. The summed E-state index contributed by atoms with van der Waals surface area (Å²) in [4.78, 5) is 4.26. The Morgan fingerprint density at radius 3 is 2.37 bits per heavy atom. The third-order valence-corrected chi connectivity index (χ3v) is 3.06. The first-order valence-electron chi connectivity index (χ1n) is 6.72. The van der Waals surface area contributed by atoms with Crippen molar-refractivity contribution in [1.29, 1.82) is 0 Å². The molecule has 2 heteroatoms. The van der Waals surface area contributed by atoms with Crippen molar-refractivity contribution in [2.75, 3.05) is 6.54 Å². The molecule has 0 amide bonds. The van der Waals surface area contributed by atoms with Crippen LogP contribution in [0.2, 0.25) is 0 Å². The van der Waals surface area contributed by atoms with Gasteiger partial charge in [-0.2, -0.15) is 0 Å². The Hall–Kier alpha value is -1.96. The average molecular weight is 255 g/mol. The maximum Gasteiger partial charge on any atom is 0.123 e. The van der Waals surface area contributed by atoms with E-state index >= 15 is 0 Å². The van der Waals surface area contributed by atoms with E-state index in [9.17, 15) is 4.39 Å². The fraction of sp³-hybridized carbons (Fsp3) is 0.235. The summed E-state index contributed by atoms with van der Waals surface area (Å²) >= 11 is 0. The van der Waals surface area contributed by atoms with E-state index in [1.165, 1.54) is 23.3 Å². The molecule has 0 bridgehead atoms. The van der Waals surface area contributed by atoms with Crippen molar-refractivity contribution in [1.82, 2.24) is 0 Å². The number of aliphatic imine (C=N–C) groups is 1. The molecule has 1 aliphatic rings. The minimum Gasteiger partial charge on any atom is -0.292 e. The standard InChI is InChI=1S/C15H12FN.C2H6/c16-15-5-3-11(4-6-15)12-1-2-14-10-17-8-7-13(14)9-12;1-2/h1-6,9-10H,7-8H2;1-2H3. The molecule has 0 aliphatic carbocycles. The molecule has 1 aliphatic heterocycles. The van der Waals surface area contributed by atoms with Gasteiger partial charge in [0, 0.05) is 12.8 Å². The normalized spacial score (nSPS) is 12.4. The number of hydrogen-bond donors (Lipinski definition) is 0. The van der Waals surface area contributed by atoms with Crippen molar-refractivity contribution >= 4 is 6.21 Å². The maximum atomic E-state index is 12.9. The first kappa shape index (κ1) is 13.5. The van der Waals surface area contributed by atoms with Crippen LogP contribution in [0.4, 0.5) is 4.39 Å². The van der Waals surface area contributed by atoms with Crippen LogP contribution in [-0.4, -0.2) is 12.8 Å². The molecule has 0 spiro atoms. The van der Waals surface area contributed by atoms with E-state index in [0.717, 1.165) is 24.1 Å². The van der Waals surface area contributed by atoms with E-state index < -0.39 is 0 Å². The van der Waals surface area contributed by atoms with Gasteiger partial charge in [-0.15, -0.1) is 0 Å². The summed E-state index contributed by atoms with van der Waals surface area (Å²) < 4.78 is 12.9. The Morgan fingerprint density at radius 2 is 1.63 bits per heavy atom. The fourth-order valence-corrected chi connectivity index (χ4v) is 2.12. The van der Waals surface area contributed by atoms with Crippen LogP contribution in [0.5, 0.6) is 0 Å². The minimum atomic E-state index is -0.196. The van der Waals surface area contributed by atoms with Crippen molar-refractivity contribution in [2.24, 2.45) is 4.99 Å². The third-order valence-electron chi connectivity index (χ3n) is 3.06. The Bertz CT molecular complexity index is 570. The quantitative estimate of drug-likeness (QED) is 0.711. The van der Waals surface area contributed by atoms with Crippen molar-refractivity contribution < 1.29 is 4.39 Å². The molecule has 1 nitrogen and oxygen atoms in total. The second-order valence-electron chi connectivity index (χ2n) is 4.21. The molecule has 0 radical (unpaired) electrons. The van der Waals surface area contributed by atoms with Crippen LogP contribution in [0, 0.1) is 5.82 Å². The highest BCUT2D eigenvalue weighted by molar-refractivity contribution is 5.84. The van der Waals surface area contributed by atoms with Gasteiger partial charge in [0.1, 0.15) is 5.82 Å². The lowest BCUT2D eigenvalue weighted by Gasteiger charge is -2.11. The van der Waals surface area contributed by atoms with Gasteiger partial charge in [0.15, 0.2) is 0 Å². The molecule has 0 unspecified atom stereocenters. The first-order chi connectivity index (χ1) is 9.33. The topological polar surface area (TPSA) is 12.4 Å². The second-order valence-corrected chi connectivity index (χ2v) is 4.21. The first-order valence-corrected chi connectivity index (χ1v) is 6.72. The van der Waals surface area contributed by atoms with E-state index in [4.69, 9.17) is 0 Å². The second kappa shape index (κ2) is 6.28. The van der Waals surface area contributed by atoms with Gasteiger partial charge in [0.25, 0.3) is 0 Å². The van der Waals surface area contributed by atoms with E-state index in [-0.39, 0.29) is 5.82 Å². The predicted molar refractivity (Wildman–Crippen MR) is 79.3 cm³/mol. The lowest BCUT2D eigenvalue weighted by molar-refractivity contribution is 0.628. The third kappa shape index (κ3) is 3.08. The Labute approximate surface area is 113 Å². The molecule has 0 atom stereocenters. The lowest BCUT2D eigenvalue weighted by atomic mass is 9.96. The molecule has 98 valence electrons. The van der Waals surface area contributed by atoms with Gasteiger partial charge in [0.05, 0.1) is 0 Å². The number of fused-ring (bicyclic) bond motifs is 1. The summed E-state index contributed by atoms with van der Waals surface area (Å²) in [6.45, 7) is 4.86. The van der Waals surface area contributed by atoms with Gasteiger partial charge >= 0.3 is 0 Å². The molecule has 3 rings (SSSR count). The van der Waals surface area contributed by atoms with Crippen molar-refractivity contribution in [2.45, 2.75) is 20.3 Å². The zero-order chi connectivity index (χ0) is 13.7. The molecule has 0 saturated carbocycles. The smallest absolute Gasteiger partial charge is 0.123 e. The number of nitrogens with zero attached hydrogens (tertiary/aromatic N) is 1. The van der Waals surface area contributed by atoms with Gasteiger partial charge in [-0.3, -0.25) is 4.99 Å². The van der Waals surface area contributed by atoms with Crippen molar-refractivity contribution in [3.8, 4) is 11.1 Å². The summed E-state index contributed by atoms with van der Waals surface area (Å²) in [7, 11) is 0. The highest BCUT2D eigenvalue weighted by Crippen LogP contribution is 2.23. The number of halogens is 1. The predicted octanol–water partition coefficient (Wildman–Crippen LogP) is 4.49. The van der Waals surface area contributed by atoms with Crippen LogP contribution in [0.3, 0.4) is 0 Å². The summed E-state index contributed by atoms with van der Waals surface area (Å²) in [6.07, 6.45) is 2.91. The molecular formula is C17H18FN. The molecule has 2 aromatic rings. The van der Waals surface area contributed by atoms with E-state index in [1.807, 2.05) is 32.2 Å². The summed E-state index contributed by atoms with van der Waals surface area (Å²) in [5, 5.41) is 0. The fourth-order valence-electron chi connectivity index (χ4n) is 2.12. The zero-order valence-corrected chi connectivity index (χ0v) is 11.4. The van der Waals surface area contributed by atoms with Crippen LogP contribution < -0.4 is 0 Å². The Kier molecular flexibility index (Phi) is 4.45. The highest BCUT2D eigenvalue weighted by Gasteiger charge is 2.07. The molecule has 0 saturated heterocycles. The summed E-state index contributed by atoms with van der Waals surface area (Å²) in [5.74, 6) is -0.196. The SMILES string of the molecule is CC.Fc1ccc(-c2ccc3c(c2)CCN=C3)cc1. The van der Waals surface area contributed by atoms with Gasteiger partial charge in [0.2, 0.25) is 0 Å². The molecular weight excluding hydrogens is 237 g/mol. The minimum absolute atomic E-state index is 0.196. The monoisotopic (exact) mass is 255 g/mol. The average Bonchev–Trinajstić information content (AvgIpc) is 2.49.